The zero-order chi connectivity index (χ0) is 7.11. The van der Waals surface area contributed by atoms with Crippen molar-refractivity contribution >= 4 is 24.7 Å². The van der Waals surface area contributed by atoms with Crippen molar-refractivity contribution in [3.05, 3.63) is 0 Å². The van der Waals surface area contributed by atoms with Crippen LogP contribution in [0.2, 0.25) is 6.32 Å². The van der Waals surface area contributed by atoms with Gasteiger partial charge in [0.05, 0.1) is 7.85 Å². The number of hydrogen-bond donors (Lipinski definition) is 0. The average Bonchev–Trinajstić information content (AvgIpc) is 1.80. The molecule has 0 spiro atoms. The largest absolute Gasteiger partial charge is 0.281 e. The predicted octanol–water partition coefficient (Wildman–Crippen LogP) is 1.90. The lowest BCUT2D eigenvalue weighted by Gasteiger charge is -1.92. The summed E-state index contributed by atoms with van der Waals surface area (Å²) in [4.78, 5) is 10.1. The Morgan fingerprint density at radius 1 is 1.33 bits per heavy atom. The molecule has 0 aromatic carbocycles. The lowest BCUT2D eigenvalue weighted by molar-refractivity contribution is -0.111. The highest BCUT2D eigenvalue weighted by Crippen LogP contribution is 2.03. The highest BCUT2D eigenvalue weighted by atomic mass is 35.5. The van der Waals surface area contributed by atoms with Gasteiger partial charge in [-0.05, 0) is 18.0 Å². The van der Waals surface area contributed by atoms with Crippen LogP contribution in [0.3, 0.4) is 0 Å². The average molecular weight is 144 g/mol. The van der Waals surface area contributed by atoms with Gasteiger partial charge >= 0.3 is 0 Å². The van der Waals surface area contributed by atoms with E-state index in [0.717, 1.165) is 19.3 Å². The molecule has 0 bridgehead atoms. The molecule has 0 unspecified atom stereocenters. The van der Waals surface area contributed by atoms with Crippen LogP contribution >= 0.6 is 11.6 Å². The molecule has 0 fully saturated rings. The molecule has 9 heavy (non-hydrogen) atoms. The molecule has 0 aliphatic rings. The maximum atomic E-state index is 10.1. The van der Waals surface area contributed by atoms with Crippen LogP contribution < -0.4 is 0 Å². The monoisotopic (exact) mass is 144 g/mol. The van der Waals surface area contributed by atoms with E-state index in [1.807, 2.05) is 0 Å². The summed E-state index contributed by atoms with van der Waals surface area (Å²) in [6.07, 6.45) is 4.07. The van der Waals surface area contributed by atoms with E-state index in [9.17, 15) is 4.79 Å². The van der Waals surface area contributed by atoms with Crippen molar-refractivity contribution in [3.8, 4) is 0 Å². The van der Waals surface area contributed by atoms with Crippen LogP contribution in [-0.4, -0.2) is 13.1 Å². The molecule has 2 radical (unpaired) electrons. The number of carbonyl (C=O) groups excluding carboxylic acids is 1. The van der Waals surface area contributed by atoms with E-state index in [4.69, 9.17) is 19.4 Å². The second-order valence-electron chi connectivity index (χ2n) is 1.95. The minimum Gasteiger partial charge on any atom is -0.281 e. The van der Waals surface area contributed by atoms with E-state index in [0.29, 0.717) is 12.7 Å². The molecule has 0 rings (SSSR count). The minimum absolute atomic E-state index is 0.243. The van der Waals surface area contributed by atoms with Gasteiger partial charge in [0.15, 0.2) is 0 Å². The molecular weight excluding hydrogens is 134 g/mol. The molecule has 0 saturated carbocycles. The maximum Gasteiger partial charge on any atom is 0.221 e. The van der Waals surface area contributed by atoms with E-state index < -0.39 is 0 Å². The summed E-state index contributed by atoms with van der Waals surface area (Å²) >= 11 is 5.09. The molecule has 0 N–H and O–H groups in total. The third-order valence-corrected chi connectivity index (χ3v) is 1.27. The third-order valence-electron chi connectivity index (χ3n) is 1.08. The Morgan fingerprint density at radius 3 is 2.44 bits per heavy atom. The quantitative estimate of drug-likeness (QED) is 0.327. The van der Waals surface area contributed by atoms with Crippen LogP contribution in [0, 0.1) is 0 Å². The van der Waals surface area contributed by atoms with Gasteiger partial charge in [0.2, 0.25) is 5.24 Å². The Hall–Kier alpha value is 0.0249. The minimum atomic E-state index is -0.243. The van der Waals surface area contributed by atoms with Crippen LogP contribution in [-0.2, 0) is 4.79 Å². The fourth-order valence-corrected chi connectivity index (χ4v) is 0.719. The molecular formula is C6H10BClO. The topological polar surface area (TPSA) is 17.1 Å². The molecule has 0 atom stereocenters. The van der Waals surface area contributed by atoms with Crippen LogP contribution in [0.5, 0.6) is 0 Å². The van der Waals surface area contributed by atoms with E-state index >= 15 is 0 Å². The second-order valence-corrected chi connectivity index (χ2v) is 2.38. The highest BCUT2D eigenvalue weighted by Gasteiger charge is 1.93. The number of rotatable bonds is 5. The van der Waals surface area contributed by atoms with Gasteiger partial charge in [-0.15, -0.1) is 0 Å². The van der Waals surface area contributed by atoms with Crippen molar-refractivity contribution in [2.45, 2.75) is 32.0 Å². The first-order valence-corrected chi connectivity index (χ1v) is 3.53. The number of unbranched alkanes of at least 4 members (excludes halogenated alkanes) is 2. The van der Waals surface area contributed by atoms with Gasteiger partial charge in [-0.3, -0.25) is 4.79 Å². The maximum absolute atomic E-state index is 10.1. The van der Waals surface area contributed by atoms with E-state index in [2.05, 4.69) is 0 Å². The lowest BCUT2D eigenvalue weighted by atomic mass is 9.99. The van der Waals surface area contributed by atoms with Crippen LogP contribution in [0.15, 0.2) is 0 Å². The van der Waals surface area contributed by atoms with Crippen molar-refractivity contribution in [1.29, 1.82) is 0 Å². The summed E-state index contributed by atoms with van der Waals surface area (Å²) in [5, 5.41) is -0.243. The zero-order valence-electron chi connectivity index (χ0n) is 5.40. The third kappa shape index (κ3) is 8.02. The standard InChI is InChI=1S/C6H10BClO/c7-5-3-1-2-4-6(8)9/h1-5H2. The van der Waals surface area contributed by atoms with Crippen molar-refractivity contribution < 1.29 is 4.79 Å². The van der Waals surface area contributed by atoms with Crippen LogP contribution in [0.4, 0.5) is 0 Å². The van der Waals surface area contributed by atoms with Gasteiger partial charge in [-0.1, -0.05) is 19.2 Å². The Labute approximate surface area is 62.2 Å². The highest BCUT2D eigenvalue weighted by molar-refractivity contribution is 6.63. The van der Waals surface area contributed by atoms with Gasteiger partial charge < -0.3 is 0 Å². The van der Waals surface area contributed by atoms with Crippen molar-refractivity contribution in [1.82, 2.24) is 0 Å². The summed E-state index contributed by atoms with van der Waals surface area (Å²) in [6.45, 7) is 0. The smallest absolute Gasteiger partial charge is 0.221 e. The molecule has 0 aliphatic carbocycles. The predicted molar refractivity (Wildman–Crippen MR) is 39.9 cm³/mol. The fraction of sp³-hybridized carbons (Fsp3) is 0.833. The molecule has 0 aliphatic heterocycles. The summed E-state index contributed by atoms with van der Waals surface area (Å²) in [5.41, 5.74) is 0. The van der Waals surface area contributed by atoms with Crippen LogP contribution in [0.25, 0.3) is 0 Å². The summed E-state index contributed by atoms with van der Waals surface area (Å²) < 4.78 is 0. The first kappa shape index (κ1) is 9.02. The summed E-state index contributed by atoms with van der Waals surface area (Å²) in [5.74, 6) is 0. The van der Waals surface area contributed by atoms with Gasteiger partial charge in [0.25, 0.3) is 0 Å². The Kier molecular flexibility index (Phi) is 6.17. The normalized spacial score (nSPS) is 9.44. The van der Waals surface area contributed by atoms with Crippen molar-refractivity contribution in [2.75, 3.05) is 0 Å². The van der Waals surface area contributed by atoms with Gasteiger partial charge in [0.1, 0.15) is 0 Å². The molecule has 0 heterocycles. The van der Waals surface area contributed by atoms with Crippen LogP contribution in [0.1, 0.15) is 25.7 Å². The molecule has 3 heteroatoms. The SMILES string of the molecule is [B]CCCCCC(=O)Cl. The number of hydrogen-bond acceptors (Lipinski definition) is 1. The first-order chi connectivity index (χ1) is 4.27. The Balaban J connectivity index is 2.83. The molecule has 0 aromatic rings. The number of halogens is 1. The molecule has 0 amide bonds. The number of carbonyl (C=O) groups is 1. The van der Waals surface area contributed by atoms with E-state index in [1.165, 1.54) is 0 Å². The second kappa shape index (κ2) is 6.15. The molecule has 0 aromatic heterocycles. The van der Waals surface area contributed by atoms with Crippen molar-refractivity contribution in [2.24, 2.45) is 0 Å². The molecule has 1 nitrogen and oxygen atoms in total. The van der Waals surface area contributed by atoms with Gasteiger partial charge in [-0.25, -0.2) is 0 Å². The summed E-state index contributed by atoms with van der Waals surface area (Å²) in [7, 11) is 5.23. The molecule has 0 saturated heterocycles. The first-order valence-electron chi connectivity index (χ1n) is 3.15. The van der Waals surface area contributed by atoms with Gasteiger partial charge in [0, 0.05) is 6.42 Å². The Morgan fingerprint density at radius 2 is 2.00 bits per heavy atom. The zero-order valence-corrected chi connectivity index (χ0v) is 6.16. The van der Waals surface area contributed by atoms with Gasteiger partial charge in [-0.2, -0.15) is 0 Å². The van der Waals surface area contributed by atoms with Crippen molar-refractivity contribution in [3.63, 3.8) is 0 Å². The summed E-state index contributed by atoms with van der Waals surface area (Å²) in [6, 6.07) is 0. The molecule has 50 valence electrons. The lowest BCUT2D eigenvalue weighted by Crippen LogP contribution is -1.85. The van der Waals surface area contributed by atoms with E-state index in [1.54, 1.807) is 0 Å². The fourth-order valence-electron chi connectivity index (χ4n) is 0.585. The Bertz CT molecular complexity index is 85.1. The van der Waals surface area contributed by atoms with E-state index in [-0.39, 0.29) is 5.24 Å².